The number of benzene rings is 1. The number of rotatable bonds is 6. The largest absolute Gasteiger partial charge is 0.494 e. The van der Waals surface area contributed by atoms with Crippen molar-refractivity contribution in [3.05, 3.63) is 47.3 Å². The highest BCUT2D eigenvalue weighted by Crippen LogP contribution is 2.60. The highest BCUT2D eigenvalue weighted by Gasteiger charge is 2.52. The molecule has 4 bridgehead atoms. The molecule has 0 unspecified atom stereocenters. The first-order valence-corrected chi connectivity index (χ1v) is 10.8. The van der Waals surface area contributed by atoms with Crippen LogP contribution in [0.1, 0.15) is 67.2 Å². The minimum Gasteiger partial charge on any atom is -0.494 e. The van der Waals surface area contributed by atoms with Crippen molar-refractivity contribution >= 4 is 12.1 Å². The van der Waals surface area contributed by atoms with Gasteiger partial charge < -0.3 is 4.74 Å². The van der Waals surface area contributed by atoms with Gasteiger partial charge in [-0.05, 0) is 99.1 Å². The van der Waals surface area contributed by atoms with Gasteiger partial charge in [-0.1, -0.05) is 0 Å². The molecule has 0 radical (unpaired) electrons. The summed E-state index contributed by atoms with van der Waals surface area (Å²) in [7, 11) is 0. The molecule has 1 heterocycles. The number of carbonyl (C=O) groups excluding carboxylic acids is 1. The minimum atomic E-state index is -0.278. The summed E-state index contributed by atoms with van der Waals surface area (Å²) in [5.41, 5.74) is 5.27. The van der Waals surface area contributed by atoms with E-state index >= 15 is 0 Å². The van der Waals surface area contributed by atoms with E-state index in [0.29, 0.717) is 12.3 Å². The molecule has 2 aromatic rings. The molecule has 0 saturated heterocycles. The number of amides is 1. The summed E-state index contributed by atoms with van der Waals surface area (Å²) in [6, 6.07) is 9.53. The standard InChI is InChI=1S/C23H28N4O2/c1-2-29-19-5-3-15(4-6-19)14-24-27-22(28)20-10-21(26-25-20)23-11-16-7-17(12-23)9-18(8-16)13-23/h3-6,10,14,16-18H,2,7-9,11-13H2,1H3,(H,25,26)(H,27,28). The molecule has 1 aromatic heterocycles. The maximum Gasteiger partial charge on any atom is 0.291 e. The molecule has 6 nitrogen and oxygen atoms in total. The van der Waals surface area contributed by atoms with Crippen LogP contribution in [-0.4, -0.2) is 28.9 Å². The lowest BCUT2D eigenvalue weighted by molar-refractivity contribution is -0.00721. The van der Waals surface area contributed by atoms with Crippen LogP contribution in [0.2, 0.25) is 0 Å². The normalized spacial score (nSPS) is 30.0. The van der Waals surface area contributed by atoms with E-state index in [9.17, 15) is 4.79 Å². The second-order valence-electron chi connectivity index (χ2n) is 9.07. The van der Waals surface area contributed by atoms with Gasteiger partial charge in [-0.3, -0.25) is 9.89 Å². The van der Waals surface area contributed by atoms with Gasteiger partial charge in [-0.2, -0.15) is 10.2 Å². The number of H-pyrrole nitrogens is 1. The zero-order valence-corrected chi connectivity index (χ0v) is 16.9. The van der Waals surface area contributed by atoms with Crippen molar-refractivity contribution in [2.24, 2.45) is 22.9 Å². The van der Waals surface area contributed by atoms with Gasteiger partial charge in [0.05, 0.1) is 12.8 Å². The Morgan fingerprint density at radius 2 is 1.86 bits per heavy atom. The number of hydrogen-bond donors (Lipinski definition) is 2. The summed E-state index contributed by atoms with van der Waals surface area (Å²) in [5, 5.41) is 11.6. The van der Waals surface area contributed by atoms with E-state index < -0.39 is 0 Å². The minimum absolute atomic E-state index is 0.214. The monoisotopic (exact) mass is 392 g/mol. The number of aromatic amines is 1. The third-order valence-electron chi connectivity index (χ3n) is 6.99. The van der Waals surface area contributed by atoms with Crippen molar-refractivity contribution in [1.29, 1.82) is 0 Å². The Bertz CT molecular complexity index is 880. The number of carbonyl (C=O) groups is 1. The van der Waals surface area contributed by atoms with Gasteiger partial charge >= 0.3 is 0 Å². The molecule has 0 spiro atoms. The zero-order chi connectivity index (χ0) is 19.8. The lowest BCUT2D eigenvalue weighted by Gasteiger charge is -2.56. The van der Waals surface area contributed by atoms with E-state index in [4.69, 9.17) is 4.74 Å². The summed E-state index contributed by atoms with van der Waals surface area (Å²) in [4.78, 5) is 12.5. The second-order valence-corrected chi connectivity index (χ2v) is 9.07. The van der Waals surface area contributed by atoms with Crippen LogP contribution in [0.5, 0.6) is 5.75 Å². The number of nitrogens with zero attached hydrogens (tertiary/aromatic N) is 2. The molecule has 4 aliphatic rings. The quantitative estimate of drug-likeness (QED) is 0.575. The predicted molar refractivity (Wildman–Crippen MR) is 111 cm³/mol. The lowest BCUT2D eigenvalue weighted by atomic mass is 9.49. The van der Waals surface area contributed by atoms with Gasteiger partial charge in [0.2, 0.25) is 0 Å². The molecule has 6 rings (SSSR count). The highest BCUT2D eigenvalue weighted by atomic mass is 16.5. The van der Waals surface area contributed by atoms with Crippen LogP contribution in [0.4, 0.5) is 0 Å². The molecule has 1 aromatic carbocycles. The Morgan fingerprint density at radius 3 is 2.48 bits per heavy atom. The summed E-state index contributed by atoms with van der Waals surface area (Å²) in [6.45, 7) is 2.59. The Kier molecular flexibility index (Phi) is 4.64. The van der Waals surface area contributed by atoms with Crippen molar-refractivity contribution in [2.75, 3.05) is 6.61 Å². The first-order valence-electron chi connectivity index (χ1n) is 10.8. The molecule has 2 N–H and O–H groups in total. The topological polar surface area (TPSA) is 79.4 Å². The van der Waals surface area contributed by atoms with Crippen LogP contribution in [-0.2, 0) is 5.41 Å². The van der Waals surface area contributed by atoms with E-state index in [0.717, 1.165) is 34.8 Å². The molecule has 4 aliphatic carbocycles. The van der Waals surface area contributed by atoms with Crippen molar-refractivity contribution in [1.82, 2.24) is 15.6 Å². The summed E-state index contributed by atoms with van der Waals surface area (Å²) < 4.78 is 5.43. The second kappa shape index (κ2) is 7.32. The molecule has 0 aliphatic heterocycles. The number of nitrogens with one attached hydrogen (secondary N) is 2. The molecule has 29 heavy (non-hydrogen) atoms. The highest BCUT2D eigenvalue weighted by molar-refractivity contribution is 5.93. The van der Waals surface area contributed by atoms with Crippen molar-refractivity contribution in [2.45, 2.75) is 50.9 Å². The van der Waals surface area contributed by atoms with Crippen LogP contribution in [0, 0.1) is 17.8 Å². The fourth-order valence-electron chi connectivity index (χ4n) is 6.19. The average molecular weight is 393 g/mol. The SMILES string of the molecule is CCOc1ccc(C=NNC(=O)c2cc(C34CC5CC(CC(C5)C3)C4)[nH]n2)cc1. The Morgan fingerprint density at radius 1 is 1.21 bits per heavy atom. The first-order chi connectivity index (χ1) is 14.1. The van der Waals surface area contributed by atoms with E-state index in [2.05, 4.69) is 20.7 Å². The van der Waals surface area contributed by atoms with Gasteiger partial charge in [0.25, 0.3) is 5.91 Å². The van der Waals surface area contributed by atoms with Crippen LogP contribution in [0.3, 0.4) is 0 Å². The van der Waals surface area contributed by atoms with Crippen LogP contribution in [0.25, 0.3) is 0 Å². The van der Waals surface area contributed by atoms with Crippen LogP contribution in [0.15, 0.2) is 35.4 Å². The number of hydrazone groups is 1. The van der Waals surface area contributed by atoms with E-state index in [1.54, 1.807) is 6.21 Å². The molecule has 6 heteroatoms. The van der Waals surface area contributed by atoms with Gasteiger partial charge in [0, 0.05) is 11.1 Å². The van der Waals surface area contributed by atoms with Gasteiger partial charge in [0.15, 0.2) is 5.69 Å². The van der Waals surface area contributed by atoms with Gasteiger partial charge in [-0.25, -0.2) is 5.43 Å². The maximum atomic E-state index is 12.5. The summed E-state index contributed by atoms with van der Waals surface area (Å²) >= 11 is 0. The maximum absolute atomic E-state index is 12.5. The fraction of sp³-hybridized carbons (Fsp3) is 0.522. The van der Waals surface area contributed by atoms with Crippen molar-refractivity contribution < 1.29 is 9.53 Å². The Hall–Kier alpha value is -2.63. The molecular weight excluding hydrogens is 364 g/mol. The third-order valence-corrected chi connectivity index (χ3v) is 6.99. The molecule has 1 amide bonds. The molecular formula is C23H28N4O2. The molecule has 0 atom stereocenters. The van der Waals surface area contributed by atoms with Gasteiger partial charge in [0.1, 0.15) is 5.75 Å². The van der Waals surface area contributed by atoms with E-state index in [1.807, 2.05) is 37.3 Å². The van der Waals surface area contributed by atoms with E-state index in [-0.39, 0.29) is 11.3 Å². The average Bonchev–Trinajstić information content (AvgIpc) is 3.20. The fourth-order valence-corrected chi connectivity index (χ4v) is 6.19. The number of hydrogen-bond acceptors (Lipinski definition) is 4. The van der Waals surface area contributed by atoms with Crippen LogP contribution < -0.4 is 10.2 Å². The molecule has 152 valence electrons. The lowest BCUT2D eigenvalue weighted by Crippen LogP contribution is -2.48. The number of aromatic nitrogens is 2. The Balaban J connectivity index is 1.23. The number of ether oxygens (including phenoxy) is 1. The van der Waals surface area contributed by atoms with E-state index in [1.165, 1.54) is 38.5 Å². The first kappa shape index (κ1) is 18.4. The third kappa shape index (κ3) is 3.56. The Labute approximate surface area is 171 Å². The molecule has 4 fully saturated rings. The van der Waals surface area contributed by atoms with Crippen molar-refractivity contribution in [3.63, 3.8) is 0 Å². The predicted octanol–water partition coefficient (Wildman–Crippen LogP) is 4.04. The summed E-state index contributed by atoms with van der Waals surface area (Å²) in [6.07, 6.45) is 9.58. The summed E-state index contributed by atoms with van der Waals surface area (Å²) in [5.74, 6) is 3.13. The van der Waals surface area contributed by atoms with Crippen molar-refractivity contribution in [3.8, 4) is 5.75 Å². The van der Waals surface area contributed by atoms with Crippen LogP contribution >= 0.6 is 0 Å². The van der Waals surface area contributed by atoms with Gasteiger partial charge in [-0.15, -0.1) is 0 Å². The molecule has 4 saturated carbocycles. The smallest absolute Gasteiger partial charge is 0.291 e. The zero-order valence-electron chi connectivity index (χ0n) is 16.9.